The standard InChI is InChI=1S/C6H10O6S/c1-4(7)5(6(8)11-2)12-13(3,9)10/h5H,1-3H3. The highest BCUT2D eigenvalue weighted by molar-refractivity contribution is 7.86. The second kappa shape index (κ2) is 4.33. The van der Waals surface area contributed by atoms with Crippen molar-refractivity contribution in [3.05, 3.63) is 0 Å². The molecule has 1 unspecified atom stereocenters. The molecule has 0 aliphatic carbocycles. The van der Waals surface area contributed by atoms with Gasteiger partial charge < -0.3 is 4.74 Å². The van der Waals surface area contributed by atoms with E-state index in [1.165, 1.54) is 0 Å². The van der Waals surface area contributed by atoms with Crippen molar-refractivity contribution < 1.29 is 26.9 Å². The summed E-state index contributed by atoms with van der Waals surface area (Å²) in [6.07, 6.45) is -0.953. The Labute approximate surface area is 75.9 Å². The van der Waals surface area contributed by atoms with Gasteiger partial charge in [0.25, 0.3) is 10.1 Å². The van der Waals surface area contributed by atoms with Gasteiger partial charge in [0.15, 0.2) is 5.78 Å². The van der Waals surface area contributed by atoms with E-state index in [1.807, 2.05) is 0 Å². The van der Waals surface area contributed by atoms with Crippen molar-refractivity contribution in [1.82, 2.24) is 0 Å². The highest BCUT2D eigenvalue weighted by Crippen LogP contribution is 2.01. The summed E-state index contributed by atoms with van der Waals surface area (Å²) < 4.78 is 29.5. The Kier molecular flexibility index (Phi) is 4.02. The molecule has 0 bridgehead atoms. The minimum atomic E-state index is -3.85. The van der Waals surface area contributed by atoms with E-state index in [0.29, 0.717) is 0 Å². The number of methoxy groups -OCH3 is 1. The molecule has 0 aromatic rings. The first-order chi connectivity index (χ1) is 5.78. The zero-order chi connectivity index (χ0) is 10.6. The van der Waals surface area contributed by atoms with Gasteiger partial charge in [-0.3, -0.25) is 4.79 Å². The smallest absolute Gasteiger partial charge is 0.344 e. The number of carbonyl (C=O) groups excluding carboxylic acids is 2. The SMILES string of the molecule is COC(=O)C(OS(C)(=O)=O)C(C)=O. The first kappa shape index (κ1) is 12.0. The Balaban J connectivity index is 4.65. The fourth-order valence-corrected chi connectivity index (χ4v) is 1.12. The number of esters is 1. The number of rotatable bonds is 4. The van der Waals surface area contributed by atoms with Crippen molar-refractivity contribution in [3.63, 3.8) is 0 Å². The van der Waals surface area contributed by atoms with Crippen LogP contribution in [-0.2, 0) is 28.6 Å². The Hall–Kier alpha value is -0.950. The van der Waals surface area contributed by atoms with Crippen molar-refractivity contribution >= 4 is 21.9 Å². The van der Waals surface area contributed by atoms with Crippen LogP contribution in [0.4, 0.5) is 0 Å². The molecule has 0 amide bonds. The van der Waals surface area contributed by atoms with Crippen LogP contribution < -0.4 is 0 Å². The van der Waals surface area contributed by atoms with Gasteiger partial charge in [0.2, 0.25) is 6.10 Å². The predicted molar refractivity (Wildman–Crippen MR) is 42.4 cm³/mol. The van der Waals surface area contributed by atoms with Gasteiger partial charge in [-0.15, -0.1) is 0 Å². The van der Waals surface area contributed by atoms with E-state index in [4.69, 9.17) is 0 Å². The fraction of sp³-hybridized carbons (Fsp3) is 0.667. The van der Waals surface area contributed by atoms with Gasteiger partial charge in [-0.1, -0.05) is 0 Å². The second-order valence-electron chi connectivity index (χ2n) is 2.31. The van der Waals surface area contributed by atoms with Crippen LogP contribution in [0.25, 0.3) is 0 Å². The van der Waals surface area contributed by atoms with Gasteiger partial charge in [0.1, 0.15) is 0 Å². The molecule has 0 spiro atoms. The van der Waals surface area contributed by atoms with Crippen molar-refractivity contribution in [2.75, 3.05) is 13.4 Å². The Bertz CT molecular complexity index is 303. The molecule has 0 aliphatic heterocycles. The molecule has 0 fully saturated rings. The lowest BCUT2D eigenvalue weighted by molar-refractivity contribution is -0.152. The Morgan fingerprint density at radius 3 is 2.00 bits per heavy atom. The number of ketones is 1. The topological polar surface area (TPSA) is 86.7 Å². The molecule has 0 aliphatic rings. The molecule has 0 saturated heterocycles. The van der Waals surface area contributed by atoms with E-state index in [2.05, 4.69) is 8.92 Å². The molecule has 0 N–H and O–H groups in total. The summed E-state index contributed by atoms with van der Waals surface area (Å²) in [6.45, 7) is 1.03. The largest absolute Gasteiger partial charge is 0.467 e. The minimum absolute atomic E-state index is 0.725. The summed E-state index contributed by atoms with van der Waals surface area (Å²) in [7, 11) is -2.81. The molecular formula is C6H10O6S. The molecule has 6 nitrogen and oxygen atoms in total. The maximum Gasteiger partial charge on any atom is 0.344 e. The van der Waals surface area contributed by atoms with Gasteiger partial charge in [0.05, 0.1) is 13.4 Å². The lowest BCUT2D eigenvalue weighted by atomic mass is 10.3. The molecule has 1 atom stereocenters. The van der Waals surface area contributed by atoms with Gasteiger partial charge in [0, 0.05) is 0 Å². The van der Waals surface area contributed by atoms with Crippen LogP contribution in [0.15, 0.2) is 0 Å². The van der Waals surface area contributed by atoms with Crippen LogP contribution in [0.5, 0.6) is 0 Å². The highest BCUT2D eigenvalue weighted by Gasteiger charge is 2.28. The van der Waals surface area contributed by atoms with Gasteiger partial charge in [-0.25, -0.2) is 8.98 Å². The van der Waals surface area contributed by atoms with E-state index >= 15 is 0 Å². The van der Waals surface area contributed by atoms with Crippen molar-refractivity contribution in [2.45, 2.75) is 13.0 Å². The minimum Gasteiger partial charge on any atom is -0.467 e. The van der Waals surface area contributed by atoms with Crippen LogP contribution >= 0.6 is 0 Å². The van der Waals surface area contributed by atoms with Crippen LogP contribution in [0.1, 0.15) is 6.92 Å². The molecular weight excluding hydrogens is 200 g/mol. The maximum absolute atomic E-state index is 10.8. The molecule has 0 saturated carbocycles. The van der Waals surface area contributed by atoms with E-state index in [9.17, 15) is 18.0 Å². The van der Waals surface area contributed by atoms with E-state index in [0.717, 1.165) is 20.3 Å². The fourth-order valence-electron chi connectivity index (χ4n) is 0.555. The summed E-state index contributed by atoms with van der Waals surface area (Å²) in [5.41, 5.74) is 0. The van der Waals surface area contributed by atoms with Crippen LogP contribution in [-0.4, -0.2) is 39.6 Å². The van der Waals surface area contributed by atoms with Crippen molar-refractivity contribution in [3.8, 4) is 0 Å². The average molecular weight is 210 g/mol. The highest BCUT2D eigenvalue weighted by atomic mass is 32.2. The molecule has 0 heterocycles. The first-order valence-electron chi connectivity index (χ1n) is 3.24. The molecule has 13 heavy (non-hydrogen) atoms. The average Bonchev–Trinajstić information content (AvgIpc) is 1.96. The lowest BCUT2D eigenvalue weighted by Gasteiger charge is -2.09. The van der Waals surface area contributed by atoms with E-state index in [-0.39, 0.29) is 0 Å². The third-order valence-electron chi connectivity index (χ3n) is 1.06. The van der Waals surface area contributed by atoms with E-state index < -0.39 is 28.0 Å². The number of carbonyl (C=O) groups is 2. The number of ether oxygens (including phenoxy) is 1. The zero-order valence-electron chi connectivity index (χ0n) is 7.44. The third kappa shape index (κ3) is 4.58. The number of Topliss-reactive ketones (excluding diaryl/α,β-unsaturated/α-hetero) is 1. The van der Waals surface area contributed by atoms with Crippen molar-refractivity contribution in [1.29, 1.82) is 0 Å². The monoisotopic (exact) mass is 210 g/mol. The first-order valence-corrected chi connectivity index (χ1v) is 5.06. The summed E-state index contributed by atoms with van der Waals surface area (Å²) in [4.78, 5) is 21.5. The zero-order valence-corrected chi connectivity index (χ0v) is 8.25. The van der Waals surface area contributed by atoms with Crippen LogP contribution in [0.3, 0.4) is 0 Å². The summed E-state index contributed by atoms with van der Waals surface area (Å²) in [5.74, 6) is -1.75. The second-order valence-corrected chi connectivity index (χ2v) is 3.91. The quantitative estimate of drug-likeness (QED) is 0.339. The lowest BCUT2D eigenvalue weighted by Crippen LogP contribution is -2.34. The van der Waals surface area contributed by atoms with Crippen LogP contribution in [0, 0.1) is 0 Å². The van der Waals surface area contributed by atoms with Gasteiger partial charge in [-0.2, -0.15) is 8.42 Å². The Morgan fingerprint density at radius 1 is 1.31 bits per heavy atom. The van der Waals surface area contributed by atoms with E-state index in [1.54, 1.807) is 0 Å². The molecule has 0 radical (unpaired) electrons. The Morgan fingerprint density at radius 2 is 1.77 bits per heavy atom. The number of hydrogen-bond acceptors (Lipinski definition) is 6. The molecule has 0 aromatic carbocycles. The van der Waals surface area contributed by atoms with Crippen molar-refractivity contribution in [2.24, 2.45) is 0 Å². The molecule has 76 valence electrons. The molecule has 0 aromatic heterocycles. The normalized spacial score (nSPS) is 13.5. The summed E-state index contributed by atoms with van der Waals surface area (Å²) in [5, 5.41) is 0. The predicted octanol–water partition coefficient (Wildman–Crippen LogP) is -0.907. The maximum atomic E-state index is 10.8. The molecule has 0 rings (SSSR count). The van der Waals surface area contributed by atoms with Gasteiger partial charge >= 0.3 is 5.97 Å². The summed E-state index contributed by atoms with van der Waals surface area (Å²) in [6, 6.07) is 0. The summed E-state index contributed by atoms with van der Waals surface area (Å²) >= 11 is 0. The molecule has 7 heteroatoms. The third-order valence-corrected chi connectivity index (χ3v) is 1.60. The van der Waals surface area contributed by atoms with Gasteiger partial charge in [-0.05, 0) is 6.92 Å². The van der Waals surface area contributed by atoms with Crippen LogP contribution in [0.2, 0.25) is 0 Å². The number of hydrogen-bond donors (Lipinski definition) is 0.